The molecule has 1 aliphatic rings. The molecule has 0 spiro atoms. The number of hydrogen-bond acceptors (Lipinski definition) is 2. The van der Waals surface area contributed by atoms with Crippen LogP contribution in [0.15, 0.2) is 0 Å². The van der Waals surface area contributed by atoms with Gasteiger partial charge in [0.2, 0.25) is 0 Å². The molecule has 0 saturated heterocycles. The van der Waals surface area contributed by atoms with Gasteiger partial charge in [0.15, 0.2) is 0 Å². The van der Waals surface area contributed by atoms with Crippen molar-refractivity contribution in [2.24, 2.45) is 13.0 Å². The van der Waals surface area contributed by atoms with Crippen LogP contribution in [0, 0.1) is 5.92 Å². The second-order valence-corrected chi connectivity index (χ2v) is 4.33. The third-order valence-corrected chi connectivity index (χ3v) is 3.26. The van der Waals surface area contributed by atoms with E-state index in [9.17, 15) is 0 Å². The van der Waals surface area contributed by atoms with Crippen LogP contribution in [-0.2, 0) is 19.9 Å². The average molecular weight is 193 g/mol. The molecule has 0 saturated carbocycles. The van der Waals surface area contributed by atoms with Gasteiger partial charge in [-0.25, -0.2) is 0 Å². The van der Waals surface area contributed by atoms with Gasteiger partial charge in [-0.1, -0.05) is 19.8 Å². The van der Waals surface area contributed by atoms with E-state index in [1.165, 1.54) is 30.5 Å². The number of nitrogen functional groups attached to an aromatic ring is 1. The van der Waals surface area contributed by atoms with Gasteiger partial charge in [-0.3, -0.25) is 4.68 Å². The molecular weight excluding hydrogens is 174 g/mol. The maximum atomic E-state index is 5.98. The number of nitrogens with zero attached hydrogens (tertiary/aromatic N) is 2. The second-order valence-electron chi connectivity index (χ2n) is 4.33. The summed E-state index contributed by atoms with van der Waals surface area (Å²) in [7, 11) is 1.93. The third kappa shape index (κ3) is 1.51. The molecule has 1 aromatic heterocycles. The molecule has 14 heavy (non-hydrogen) atoms. The smallest absolute Gasteiger partial charge is 0.124 e. The zero-order valence-electron chi connectivity index (χ0n) is 9.08. The first-order valence-corrected chi connectivity index (χ1v) is 5.52. The Kier molecular flexibility index (Phi) is 2.48. The minimum Gasteiger partial charge on any atom is -0.384 e. The fourth-order valence-electron chi connectivity index (χ4n) is 2.45. The maximum Gasteiger partial charge on any atom is 0.124 e. The van der Waals surface area contributed by atoms with E-state index in [0.29, 0.717) is 0 Å². The molecule has 3 nitrogen and oxygen atoms in total. The molecule has 1 aliphatic carbocycles. The SMILES string of the molecule is CCCC1CCc2nn(C)c(N)c2C1. The van der Waals surface area contributed by atoms with Crippen molar-refractivity contribution < 1.29 is 0 Å². The molecule has 3 heteroatoms. The highest BCUT2D eigenvalue weighted by Crippen LogP contribution is 2.30. The van der Waals surface area contributed by atoms with Crippen LogP contribution < -0.4 is 5.73 Å². The lowest BCUT2D eigenvalue weighted by molar-refractivity contribution is 0.421. The van der Waals surface area contributed by atoms with Crippen molar-refractivity contribution in [3.63, 3.8) is 0 Å². The molecule has 2 rings (SSSR count). The van der Waals surface area contributed by atoms with Crippen LogP contribution >= 0.6 is 0 Å². The van der Waals surface area contributed by atoms with Crippen LogP contribution in [0.3, 0.4) is 0 Å². The van der Waals surface area contributed by atoms with Gasteiger partial charge in [-0.05, 0) is 25.2 Å². The van der Waals surface area contributed by atoms with E-state index in [1.807, 2.05) is 11.7 Å². The van der Waals surface area contributed by atoms with Crippen LogP contribution in [0.1, 0.15) is 37.4 Å². The first kappa shape index (κ1) is 9.56. The fourth-order valence-corrected chi connectivity index (χ4v) is 2.45. The number of hydrogen-bond donors (Lipinski definition) is 1. The number of fused-ring (bicyclic) bond motifs is 1. The summed E-state index contributed by atoms with van der Waals surface area (Å²) in [4.78, 5) is 0. The molecule has 0 radical (unpaired) electrons. The van der Waals surface area contributed by atoms with Gasteiger partial charge in [0.1, 0.15) is 5.82 Å². The lowest BCUT2D eigenvalue weighted by atomic mass is 9.85. The second kappa shape index (κ2) is 3.64. The quantitative estimate of drug-likeness (QED) is 0.779. The van der Waals surface area contributed by atoms with Gasteiger partial charge in [0.05, 0.1) is 5.69 Å². The van der Waals surface area contributed by atoms with Crippen LogP contribution in [0.5, 0.6) is 0 Å². The summed E-state index contributed by atoms with van der Waals surface area (Å²) in [6.45, 7) is 2.25. The number of aryl methyl sites for hydroxylation is 2. The van der Waals surface area contributed by atoms with E-state index in [1.54, 1.807) is 0 Å². The Labute approximate surface area is 85.3 Å². The Morgan fingerprint density at radius 3 is 3.07 bits per heavy atom. The van der Waals surface area contributed by atoms with E-state index in [2.05, 4.69) is 12.0 Å². The van der Waals surface area contributed by atoms with E-state index in [0.717, 1.165) is 24.6 Å². The van der Waals surface area contributed by atoms with Crippen molar-refractivity contribution in [3.8, 4) is 0 Å². The Balaban J connectivity index is 2.20. The molecule has 0 amide bonds. The summed E-state index contributed by atoms with van der Waals surface area (Å²) in [5, 5.41) is 4.44. The van der Waals surface area contributed by atoms with Crippen LogP contribution in [0.4, 0.5) is 5.82 Å². The molecule has 0 fully saturated rings. The first-order valence-electron chi connectivity index (χ1n) is 5.52. The minimum absolute atomic E-state index is 0.832. The Bertz CT molecular complexity index is 328. The average Bonchev–Trinajstić information content (AvgIpc) is 2.45. The minimum atomic E-state index is 0.832. The van der Waals surface area contributed by atoms with Gasteiger partial charge < -0.3 is 5.73 Å². The highest BCUT2D eigenvalue weighted by molar-refractivity contribution is 5.44. The van der Waals surface area contributed by atoms with Crippen molar-refractivity contribution in [1.29, 1.82) is 0 Å². The predicted molar refractivity (Wildman–Crippen MR) is 58.0 cm³/mol. The van der Waals surface area contributed by atoms with E-state index in [4.69, 9.17) is 5.73 Å². The molecular formula is C11H19N3. The summed E-state index contributed by atoms with van der Waals surface area (Å²) in [5.41, 5.74) is 8.53. The predicted octanol–water partition coefficient (Wildman–Crippen LogP) is 1.91. The molecule has 1 aromatic rings. The Morgan fingerprint density at radius 1 is 1.57 bits per heavy atom. The summed E-state index contributed by atoms with van der Waals surface area (Å²) in [5.74, 6) is 1.71. The van der Waals surface area contributed by atoms with Crippen molar-refractivity contribution in [2.45, 2.75) is 39.0 Å². The maximum absolute atomic E-state index is 5.98. The first-order chi connectivity index (χ1) is 6.72. The highest BCUT2D eigenvalue weighted by Gasteiger charge is 2.23. The molecule has 2 N–H and O–H groups in total. The van der Waals surface area contributed by atoms with Gasteiger partial charge in [0, 0.05) is 12.6 Å². The lowest BCUT2D eigenvalue weighted by Crippen LogP contribution is -2.14. The largest absolute Gasteiger partial charge is 0.384 e. The van der Waals surface area contributed by atoms with Gasteiger partial charge in [-0.2, -0.15) is 5.10 Å². The zero-order chi connectivity index (χ0) is 10.1. The van der Waals surface area contributed by atoms with Gasteiger partial charge >= 0.3 is 0 Å². The molecule has 1 atom stereocenters. The Hall–Kier alpha value is -0.990. The van der Waals surface area contributed by atoms with Gasteiger partial charge in [0.25, 0.3) is 0 Å². The fraction of sp³-hybridized carbons (Fsp3) is 0.727. The monoisotopic (exact) mass is 193 g/mol. The zero-order valence-corrected chi connectivity index (χ0v) is 9.08. The van der Waals surface area contributed by atoms with Crippen molar-refractivity contribution in [3.05, 3.63) is 11.3 Å². The molecule has 1 unspecified atom stereocenters. The topological polar surface area (TPSA) is 43.8 Å². The summed E-state index contributed by atoms with van der Waals surface area (Å²) in [6.07, 6.45) is 6.15. The third-order valence-electron chi connectivity index (χ3n) is 3.26. The summed E-state index contributed by atoms with van der Waals surface area (Å²) in [6, 6.07) is 0. The van der Waals surface area contributed by atoms with Crippen LogP contribution in [-0.4, -0.2) is 9.78 Å². The lowest BCUT2D eigenvalue weighted by Gasteiger charge is -2.20. The van der Waals surface area contributed by atoms with Gasteiger partial charge in [-0.15, -0.1) is 0 Å². The normalized spacial score (nSPS) is 20.9. The molecule has 0 aromatic carbocycles. The number of rotatable bonds is 2. The molecule has 78 valence electrons. The van der Waals surface area contributed by atoms with Crippen LogP contribution in [0.2, 0.25) is 0 Å². The van der Waals surface area contributed by atoms with Crippen molar-refractivity contribution in [1.82, 2.24) is 9.78 Å². The summed E-state index contributed by atoms with van der Waals surface area (Å²) >= 11 is 0. The molecule has 0 bridgehead atoms. The highest BCUT2D eigenvalue weighted by atomic mass is 15.3. The number of anilines is 1. The summed E-state index contributed by atoms with van der Waals surface area (Å²) < 4.78 is 1.82. The van der Waals surface area contributed by atoms with E-state index >= 15 is 0 Å². The number of aromatic nitrogens is 2. The molecule has 1 heterocycles. The van der Waals surface area contributed by atoms with E-state index < -0.39 is 0 Å². The Morgan fingerprint density at radius 2 is 2.36 bits per heavy atom. The van der Waals surface area contributed by atoms with Crippen molar-refractivity contribution >= 4 is 5.82 Å². The number of nitrogens with two attached hydrogens (primary N) is 1. The van der Waals surface area contributed by atoms with E-state index in [-0.39, 0.29) is 0 Å². The van der Waals surface area contributed by atoms with Crippen molar-refractivity contribution in [2.75, 3.05) is 5.73 Å². The standard InChI is InChI=1S/C11H19N3/c1-3-4-8-5-6-10-9(7-8)11(12)14(2)13-10/h8H,3-7,12H2,1-2H3. The molecule has 0 aliphatic heterocycles. The van der Waals surface area contributed by atoms with Crippen LogP contribution in [0.25, 0.3) is 0 Å².